The second-order valence-corrected chi connectivity index (χ2v) is 12.8. The number of hydrogen-bond acceptors (Lipinski definition) is 7. The Morgan fingerprint density at radius 3 is 2.45 bits per heavy atom. The molecule has 3 aliphatic rings. The highest BCUT2D eigenvalue weighted by molar-refractivity contribution is 6.31. The Morgan fingerprint density at radius 2 is 1.82 bits per heavy atom. The molecule has 3 heterocycles. The van der Waals surface area contributed by atoms with Gasteiger partial charge in [-0.1, -0.05) is 29.3 Å². The number of amides is 2. The largest absolute Gasteiger partial charge is 0.447 e. The van der Waals surface area contributed by atoms with Gasteiger partial charge < -0.3 is 29.5 Å². The number of aromatic nitrogens is 1. The molecule has 2 aromatic rings. The summed E-state index contributed by atoms with van der Waals surface area (Å²) in [4.78, 5) is 37.2. The molecular weight excluding hydrogens is 578 g/mol. The van der Waals surface area contributed by atoms with E-state index in [-0.39, 0.29) is 18.1 Å². The van der Waals surface area contributed by atoms with Crippen LogP contribution in [0.4, 0.5) is 4.79 Å². The van der Waals surface area contributed by atoms with Crippen molar-refractivity contribution in [1.29, 1.82) is 0 Å². The van der Waals surface area contributed by atoms with Crippen molar-refractivity contribution in [3.8, 4) is 0 Å². The number of rotatable bonds is 6. The average molecular weight is 620 g/mol. The summed E-state index contributed by atoms with van der Waals surface area (Å²) in [6, 6.07) is 9.41. The molecule has 1 aromatic heterocycles. The number of carbonyl (C=O) groups is 2. The highest BCUT2D eigenvalue weighted by Gasteiger charge is 2.37. The van der Waals surface area contributed by atoms with Gasteiger partial charge in [-0.15, -0.1) is 0 Å². The normalized spacial score (nSPS) is 17.5. The lowest BCUT2D eigenvalue weighted by Crippen LogP contribution is -2.50. The molecule has 9 nitrogen and oxygen atoms in total. The van der Waals surface area contributed by atoms with Crippen molar-refractivity contribution in [1.82, 2.24) is 25.0 Å². The molecule has 0 spiro atoms. The van der Waals surface area contributed by atoms with Crippen LogP contribution in [0.2, 0.25) is 5.02 Å². The number of likely N-dealkylation sites (tertiary alicyclic amines) is 1. The second kappa shape index (κ2) is 12.7. The van der Waals surface area contributed by atoms with Gasteiger partial charge in [0.15, 0.2) is 0 Å². The molecule has 1 unspecified atom stereocenters. The number of carbonyl (C=O) groups excluding carboxylic acids is 2. The highest BCUT2D eigenvalue weighted by atomic mass is 35.5. The van der Waals surface area contributed by atoms with E-state index in [0.717, 1.165) is 39.2 Å². The number of hydrogen-bond donors (Lipinski definition) is 1. The smallest absolute Gasteiger partial charge is 0.410 e. The molecule has 44 heavy (non-hydrogen) atoms. The molecule has 234 valence electrons. The molecule has 1 aromatic carbocycles. The van der Waals surface area contributed by atoms with Crippen LogP contribution in [-0.4, -0.2) is 90.4 Å². The minimum atomic E-state index is -1.04. The van der Waals surface area contributed by atoms with E-state index in [0.29, 0.717) is 37.6 Å². The van der Waals surface area contributed by atoms with Gasteiger partial charge in [0.1, 0.15) is 5.60 Å². The third kappa shape index (κ3) is 6.35. The molecule has 1 atom stereocenters. The van der Waals surface area contributed by atoms with Crippen LogP contribution in [0, 0.1) is 0 Å². The maximum atomic E-state index is 13.7. The predicted octanol–water partition coefficient (Wildman–Crippen LogP) is 5.62. The van der Waals surface area contributed by atoms with Crippen molar-refractivity contribution in [2.75, 3.05) is 41.0 Å². The van der Waals surface area contributed by atoms with Crippen molar-refractivity contribution in [3.63, 3.8) is 0 Å². The number of methoxy groups -OCH3 is 1. The van der Waals surface area contributed by atoms with E-state index < -0.39 is 11.6 Å². The zero-order chi connectivity index (χ0) is 31.8. The van der Waals surface area contributed by atoms with E-state index in [2.05, 4.69) is 33.5 Å². The standard InChI is InChI=1S/C34H42ClN5O4/c1-21(2)44-33(42)40-15-12-22(13-16-40)29-25-11-10-24(35)18-26(25)27(17-23-9-8-14-36-30(23)29)31(28-19-38(5)20-39(28)6)37-32(41)34(3,4)43-7/h8-11,14,17-19,21,31H,12-13,15-16,20H2,1-7H3,(H,37,41). The Kier molecular flexibility index (Phi) is 9.09. The quantitative estimate of drug-likeness (QED) is 0.449. The third-order valence-corrected chi connectivity index (χ3v) is 8.67. The first-order valence-electron chi connectivity index (χ1n) is 15.0. The Balaban J connectivity index is 1.67. The monoisotopic (exact) mass is 619 g/mol. The van der Waals surface area contributed by atoms with Gasteiger partial charge in [0.2, 0.25) is 0 Å². The first-order chi connectivity index (χ1) is 20.9. The van der Waals surface area contributed by atoms with Gasteiger partial charge in [0.05, 0.1) is 30.2 Å². The number of fused-ring (bicyclic) bond motifs is 2. The summed E-state index contributed by atoms with van der Waals surface area (Å²) in [7, 11) is 5.57. The Bertz CT molecular complexity index is 1540. The Labute approximate surface area is 265 Å². The van der Waals surface area contributed by atoms with Crippen LogP contribution < -0.4 is 5.32 Å². The van der Waals surface area contributed by atoms with E-state index in [4.69, 9.17) is 26.1 Å². The van der Waals surface area contributed by atoms with E-state index in [1.807, 2.05) is 58.4 Å². The molecule has 1 fully saturated rings. The molecule has 5 rings (SSSR count). The third-order valence-electron chi connectivity index (χ3n) is 8.43. The van der Waals surface area contributed by atoms with Crippen LogP contribution in [0.5, 0.6) is 0 Å². The average Bonchev–Trinajstić information content (AvgIpc) is 3.25. The number of halogens is 1. The van der Waals surface area contributed by atoms with Crippen LogP contribution in [0.15, 0.2) is 54.0 Å². The Morgan fingerprint density at radius 1 is 1.09 bits per heavy atom. The van der Waals surface area contributed by atoms with Crippen molar-refractivity contribution in [2.45, 2.75) is 58.3 Å². The van der Waals surface area contributed by atoms with E-state index in [1.54, 1.807) is 18.7 Å². The van der Waals surface area contributed by atoms with Gasteiger partial charge in [-0.2, -0.15) is 0 Å². The Hall–Kier alpha value is -3.82. The predicted molar refractivity (Wildman–Crippen MR) is 174 cm³/mol. The van der Waals surface area contributed by atoms with Gasteiger partial charge in [0.25, 0.3) is 5.91 Å². The minimum Gasteiger partial charge on any atom is -0.447 e. The lowest BCUT2D eigenvalue weighted by molar-refractivity contribution is -0.139. The van der Waals surface area contributed by atoms with Crippen LogP contribution in [0.3, 0.4) is 0 Å². The maximum Gasteiger partial charge on any atom is 0.410 e. The van der Waals surface area contributed by atoms with Crippen LogP contribution in [0.1, 0.15) is 62.9 Å². The summed E-state index contributed by atoms with van der Waals surface area (Å²) in [5.41, 5.74) is 6.80. The first-order valence-corrected chi connectivity index (χ1v) is 15.4. The molecule has 0 radical (unpaired) electrons. The van der Waals surface area contributed by atoms with Crippen molar-refractivity contribution >= 4 is 40.8 Å². The molecule has 0 saturated carbocycles. The van der Waals surface area contributed by atoms with Crippen molar-refractivity contribution < 1.29 is 19.1 Å². The highest BCUT2D eigenvalue weighted by Crippen LogP contribution is 2.43. The van der Waals surface area contributed by atoms with E-state index in [1.165, 1.54) is 12.7 Å². The summed E-state index contributed by atoms with van der Waals surface area (Å²) in [5.74, 6) is -0.228. The number of nitrogens with zero attached hydrogens (tertiary/aromatic N) is 4. The van der Waals surface area contributed by atoms with E-state index in [9.17, 15) is 9.59 Å². The summed E-state index contributed by atoms with van der Waals surface area (Å²) in [6.07, 6.45) is 6.93. The van der Waals surface area contributed by atoms with Gasteiger partial charge in [0, 0.05) is 62.9 Å². The van der Waals surface area contributed by atoms with Crippen molar-refractivity contribution in [3.05, 3.63) is 81.4 Å². The fraction of sp³-hybridized carbons (Fsp3) is 0.441. The number of piperidine rings is 1. The summed E-state index contributed by atoms with van der Waals surface area (Å²) < 4.78 is 11.0. The molecule has 1 aliphatic carbocycles. The zero-order valence-corrected chi connectivity index (χ0v) is 27.4. The fourth-order valence-corrected chi connectivity index (χ4v) is 6.13. The molecule has 10 heteroatoms. The van der Waals surface area contributed by atoms with E-state index >= 15 is 0 Å². The van der Waals surface area contributed by atoms with Crippen LogP contribution in [-0.2, 0) is 14.3 Å². The molecule has 2 aliphatic heterocycles. The first kappa shape index (κ1) is 31.6. The molecular formula is C34H42ClN5O4. The maximum absolute atomic E-state index is 13.7. The number of benzene rings is 1. The summed E-state index contributed by atoms with van der Waals surface area (Å²) in [5, 5.41) is 3.91. The van der Waals surface area contributed by atoms with Gasteiger partial charge in [-0.05, 0) is 81.5 Å². The number of likely N-dealkylation sites (N-methyl/N-ethyl adjacent to an activating group) is 1. The molecule has 1 N–H and O–H groups in total. The second-order valence-electron chi connectivity index (χ2n) is 12.4. The molecule has 1 saturated heterocycles. The SMILES string of the molecule is COC(C)(C)C(=O)NC(C1=Cc2cccnc2C(=C2CCN(C(=O)OC(C)C)CC2)c2ccc(Cl)cc21)C1=CN(C)CN1C. The number of pyridine rings is 1. The molecule has 2 amide bonds. The van der Waals surface area contributed by atoms with Crippen molar-refractivity contribution in [2.24, 2.45) is 0 Å². The minimum absolute atomic E-state index is 0.168. The molecule has 0 bridgehead atoms. The lowest BCUT2D eigenvalue weighted by Gasteiger charge is -2.32. The van der Waals surface area contributed by atoms with Crippen LogP contribution >= 0.6 is 11.6 Å². The number of ether oxygens (including phenoxy) is 2. The zero-order valence-electron chi connectivity index (χ0n) is 26.6. The summed E-state index contributed by atoms with van der Waals surface area (Å²) in [6.45, 7) is 9.05. The summed E-state index contributed by atoms with van der Waals surface area (Å²) >= 11 is 6.69. The van der Waals surface area contributed by atoms with Gasteiger partial charge >= 0.3 is 6.09 Å². The van der Waals surface area contributed by atoms with Gasteiger partial charge in [-0.3, -0.25) is 9.78 Å². The fourth-order valence-electron chi connectivity index (χ4n) is 5.96. The number of nitrogens with one attached hydrogen (secondary N) is 1. The van der Waals surface area contributed by atoms with Gasteiger partial charge in [-0.25, -0.2) is 4.79 Å². The topological polar surface area (TPSA) is 87.2 Å². The van der Waals surface area contributed by atoms with Crippen LogP contribution in [0.25, 0.3) is 17.2 Å². The lowest BCUT2D eigenvalue weighted by atomic mass is 9.86.